The molecule has 6 nitrogen and oxygen atoms in total. The molecule has 0 aliphatic heterocycles. The van der Waals surface area contributed by atoms with Gasteiger partial charge in [-0.15, -0.1) is 11.3 Å². The maximum absolute atomic E-state index is 12.2. The molecule has 0 aliphatic carbocycles. The van der Waals surface area contributed by atoms with E-state index in [2.05, 4.69) is 15.5 Å². The summed E-state index contributed by atoms with van der Waals surface area (Å²) < 4.78 is 0. The lowest BCUT2D eigenvalue weighted by Crippen LogP contribution is -2.09. The number of carbonyl (C=O) groups is 1. The van der Waals surface area contributed by atoms with Crippen LogP contribution in [0.2, 0.25) is 0 Å². The van der Waals surface area contributed by atoms with Crippen molar-refractivity contribution in [1.82, 2.24) is 10.2 Å². The van der Waals surface area contributed by atoms with Gasteiger partial charge < -0.3 is 11.1 Å². The van der Waals surface area contributed by atoms with Crippen molar-refractivity contribution in [2.24, 2.45) is 0 Å². The van der Waals surface area contributed by atoms with E-state index in [-0.39, 0.29) is 17.5 Å². The van der Waals surface area contributed by atoms with Crippen molar-refractivity contribution in [1.29, 1.82) is 5.26 Å². The summed E-state index contributed by atoms with van der Waals surface area (Å²) in [5.41, 5.74) is 6.78. The van der Waals surface area contributed by atoms with Gasteiger partial charge in [0.05, 0.1) is 5.69 Å². The molecule has 0 fully saturated rings. The largest absolute Gasteiger partial charge is 0.396 e. The topological polar surface area (TPSA) is 108 Å². The zero-order valence-electron chi connectivity index (χ0n) is 10.5. The summed E-state index contributed by atoms with van der Waals surface area (Å²) in [6.45, 7) is 3.90. The third-order valence-electron chi connectivity index (χ3n) is 2.43. The number of nitriles is 1. The van der Waals surface area contributed by atoms with Gasteiger partial charge in [-0.05, 0) is 19.9 Å². The first kappa shape index (κ1) is 13.1. The van der Waals surface area contributed by atoms with Gasteiger partial charge in [-0.2, -0.15) is 10.4 Å². The van der Waals surface area contributed by atoms with Crippen molar-refractivity contribution < 1.29 is 4.79 Å². The van der Waals surface area contributed by atoms with E-state index in [0.717, 1.165) is 0 Å². The number of aromatic nitrogens is 2. The first-order chi connectivity index (χ1) is 9.04. The molecule has 0 bridgehead atoms. The van der Waals surface area contributed by atoms with Gasteiger partial charge in [0.25, 0.3) is 0 Å². The van der Waals surface area contributed by atoms with Crippen molar-refractivity contribution in [2.45, 2.75) is 19.9 Å². The fourth-order valence-electron chi connectivity index (χ4n) is 1.59. The minimum atomic E-state index is -0.256. The Morgan fingerprint density at radius 2 is 2.37 bits per heavy atom. The Bertz CT molecular complexity index is 636. The monoisotopic (exact) mass is 275 g/mol. The molecule has 0 atom stereocenters. The molecule has 0 unspecified atom stereocenters. The Kier molecular flexibility index (Phi) is 3.53. The molecule has 2 heterocycles. The molecule has 98 valence electrons. The number of thiophene rings is 1. The van der Waals surface area contributed by atoms with Gasteiger partial charge in [0.1, 0.15) is 27.2 Å². The van der Waals surface area contributed by atoms with E-state index in [4.69, 9.17) is 11.0 Å². The van der Waals surface area contributed by atoms with Crippen LogP contribution in [0, 0.1) is 11.3 Å². The van der Waals surface area contributed by atoms with Gasteiger partial charge >= 0.3 is 0 Å². The number of hydrogen-bond acceptors (Lipinski definition) is 6. The minimum absolute atomic E-state index is 0.153. The fourth-order valence-corrected chi connectivity index (χ4v) is 2.76. The number of nitrogens with zero attached hydrogens (tertiary/aromatic N) is 2. The van der Waals surface area contributed by atoms with Crippen LogP contribution in [0.1, 0.15) is 34.8 Å². The first-order valence-corrected chi connectivity index (χ1v) is 6.49. The number of carbonyl (C=O) groups excluding carboxylic acids is 1. The fraction of sp³-hybridized carbons (Fsp3) is 0.250. The van der Waals surface area contributed by atoms with E-state index < -0.39 is 0 Å². The van der Waals surface area contributed by atoms with Gasteiger partial charge in [-0.25, -0.2) is 0 Å². The van der Waals surface area contributed by atoms with Crippen LogP contribution < -0.4 is 11.1 Å². The second kappa shape index (κ2) is 5.12. The number of ketones is 1. The molecule has 0 radical (unpaired) electrons. The Morgan fingerprint density at radius 1 is 1.63 bits per heavy atom. The highest BCUT2D eigenvalue weighted by atomic mass is 32.1. The van der Waals surface area contributed by atoms with Gasteiger partial charge in [0, 0.05) is 12.2 Å². The van der Waals surface area contributed by atoms with E-state index in [0.29, 0.717) is 21.1 Å². The highest BCUT2D eigenvalue weighted by Crippen LogP contribution is 2.36. The van der Waals surface area contributed by atoms with Crippen molar-refractivity contribution in [2.75, 3.05) is 11.1 Å². The second-order valence-electron chi connectivity index (χ2n) is 4.26. The van der Waals surface area contributed by atoms with Gasteiger partial charge in [0.2, 0.25) is 5.78 Å². The number of nitrogen functional groups attached to an aromatic ring is 1. The summed E-state index contributed by atoms with van der Waals surface area (Å²) in [4.78, 5) is 12.6. The van der Waals surface area contributed by atoms with E-state index in [1.165, 1.54) is 17.5 Å². The lowest BCUT2D eigenvalue weighted by Gasteiger charge is -2.06. The van der Waals surface area contributed by atoms with Crippen molar-refractivity contribution in [3.63, 3.8) is 0 Å². The summed E-state index contributed by atoms with van der Waals surface area (Å²) in [5.74, 6) is -0.256. The number of H-pyrrole nitrogens is 1. The van der Waals surface area contributed by atoms with Crippen LogP contribution in [0.3, 0.4) is 0 Å². The summed E-state index contributed by atoms with van der Waals surface area (Å²) in [7, 11) is 0. The predicted octanol–water partition coefficient (Wildman–Crippen LogP) is 1.98. The lowest BCUT2D eigenvalue weighted by molar-refractivity contribution is 0.103. The predicted molar refractivity (Wildman–Crippen MR) is 74.2 cm³/mol. The molecule has 2 rings (SSSR count). The molecular weight excluding hydrogens is 262 g/mol. The summed E-state index contributed by atoms with van der Waals surface area (Å²) in [6, 6.07) is 3.76. The Hall–Kier alpha value is -2.33. The first-order valence-electron chi connectivity index (χ1n) is 5.67. The molecule has 0 spiro atoms. The normalized spacial score (nSPS) is 10.4. The van der Waals surface area contributed by atoms with Crippen LogP contribution in [0.25, 0.3) is 0 Å². The average molecular weight is 275 g/mol. The van der Waals surface area contributed by atoms with Gasteiger partial charge in [0.15, 0.2) is 0 Å². The summed E-state index contributed by atoms with van der Waals surface area (Å²) in [6.07, 6.45) is 1.50. The van der Waals surface area contributed by atoms with Crippen molar-refractivity contribution in [3.8, 4) is 6.07 Å². The third kappa shape index (κ3) is 2.44. The highest BCUT2D eigenvalue weighted by molar-refractivity contribution is 7.19. The number of rotatable bonds is 4. The number of aromatic amines is 1. The quantitative estimate of drug-likeness (QED) is 0.739. The van der Waals surface area contributed by atoms with Gasteiger partial charge in [-0.1, -0.05) is 0 Å². The molecule has 2 aromatic rings. The Labute approximate surface area is 114 Å². The molecule has 4 N–H and O–H groups in total. The highest BCUT2D eigenvalue weighted by Gasteiger charge is 2.23. The van der Waals surface area contributed by atoms with E-state index >= 15 is 0 Å². The van der Waals surface area contributed by atoms with Crippen LogP contribution >= 0.6 is 11.3 Å². The molecule has 0 saturated carbocycles. The minimum Gasteiger partial charge on any atom is -0.396 e. The zero-order chi connectivity index (χ0) is 14.0. The van der Waals surface area contributed by atoms with Crippen LogP contribution in [0.5, 0.6) is 0 Å². The smallest absolute Gasteiger partial charge is 0.222 e. The standard InChI is InChI=1S/C12H13N5OS/c1-6(2)16-12-7(5-13)9(14)11(19-12)10(18)8-3-4-15-17-8/h3-4,6,16H,14H2,1-2H3,(H,15,17). The maximum Gasteiger partial charge on any atom is 0.222 e. The van der Waals surface area contributed by atoms with Crippen LogP contribution in [0.4, 0.5) is 10.7 Å². The van der Waals surface area contributed by atoms with E-state index in [1.807, 2.05) is 19.9 Å². The van der Waals surface area contributed by atoms with Crippen molar-refractivity contribution >= 4 is 27.8 Å². The molecule has 0 amide bonds. The zero-order valence-corrected chi connectivity index (χ0v) is 11.3. The van der Waals surface area contributed by atoms with E-state index in [9.17, 15) is 4.79 Å². The molecular formula is C12H13N5OS. The molecule has 7 heteroatoms. The molecule has 0 aliphatic rings. The maximum atomic E-state index is 12.2. The van der Waals surface area contributed by atoms with Crippen LogP contribution in [-0.4, -0.2) is 22.0 Å². The summed E-state index contributed by atoms with van der Waals surface area (Å²) >= 11 is 1.19. The Morgan fingerprint density at radius 3 is 2.89 bits per heavy atom. The number of anilines is 2. The van der Waals surface area contributed by atoms with Crippen LogP contribution in [0.15, 0.2) is 12.3 Å². The summed E-state index contributed by atoms with van der Waals surface area (Å²) in [5, 5.41) is 19.2. The van der Waals surface area contributed by atoms with Crippen molar-refractivity contribution in [3.05, 3.63) is 28.4 Å². The lowest BCUT2D eigenvalue weighted by atomic mass is 10.2. The molecule has 19 heavy (non-hydrogen) atoms. The van der Waals surface area contributed by atoms with Gasteiger partial charge in [-0.3, -0.25) is 9.89 Å². The molecule has 2 aromatic heterocycles. The Balaban J connectivity index is 2.45. The average Bonchev–Trinajstić information content (AvgIpc) is 2.96. The number of hydrogen-bond donors (Lipinski definition) is 3. The molecule has 0 aromatic carbocycles. The second-order valence-corrected chi connectivity index (χ2v) is 5.28. The van der Waals surface area contributed by atoms with E-state index in [1.54, 1.807) is 6.07 Å². The van der Waals surface area contributed by atoms with Crippen LogP contribution in [-0.2, 0) is 0 Å². The number of nitrogens with one attached hydrogen (secondary N) is 2. The number of nitrogens with two attached hydrogens (primary N) is 1. The SMILES string of the molecule is CC(C)Nc1sc(C(=O)c2ccn[nH]2)c(N)c1C#N. The molecule has 0 saturated heterocycles. The third-order valence-corrected chi connectivity index (χ3v) is 3.56.